The van der Waals surface area contributed by atoms with Crippen LogP contribution in [0.1, 0.15) is 11.3 Å². The van der Waals surface area contributed by atoms with Crippen molar-refractivity contribution in [2.45, 2.75) is 13.0 Å². The summed E-state index contributed by atoms with van der Waals surface area (Å²) >= 11 is 0. The smallest absolute Gasteiger partial charge is 0.222 e. The van der Waals surface area contributed by atoms with Crippen LogP contribution in [0.15, 0.2) is 24.3 Å². The first-order valence-corrected chi connectivity index (χ1v) is 6.53. The van der Waals surface area contributed by atoms with Gasteiger partial charge >= 0.3 is 0 Å². The third kappa shape index (κ3) is 2.50. The summed E-state index contributed by atoms with van der Waals surface area (Å²) in [5, 5.41) is 6.62. The number of hydrogen-bond donors (Lipinski definition) is 3. The Balaban J connectivity index is 1.91. The number of aromatic nitrogens is 2. The summed E-state index contributed by atoms with van der Waals surface area (Å²) in [4.78, 5) is 8.62. The van der Waals surface area contributed by atoms with Gasteiger partial charge in [-0.3, -0.25) is 0 Å². The molecule has 1 aliphatic heterocycles. The highest BCUT2D eigenvalue weighted by Crippen LogP contribution is 2.25. The zero-order valence-electron chi connectivity index (χ0n) is 11.3. The van der Waals surface area contributed by atoms with Gasteiger partial charge in [-0.15, -0.1) is 0 Å². The summed E-state index contributed by atoms with van der Waals surface area (Å²) in [5.41, 5.74) is 8.83. The Labute approximate surface area is 117 Å². The number of fused-ring (bicyclic) bond motifs is 1. The van der Waals surface area contributed by atoms with E-state index in [-0.39, 0.29) is 0 Å². The maximum atomic E-state index is 5.78. The molecule has 0 atom stereocenters. The normalized spacial score (nSPS) is 13.7. The molecular weight excluding hydrogens is 254 g/mol. The van der Waals surface area contributed by atoms with E-state index >= 15 is 0 Å². The highest BCUT2D eigenvalue weighted by atomic mass is 16.5. The van der Waals surface area contributed by atoms with E-state index in [0.717, 1.165) is 48.0 Å². The molecule has 20 heavy (non-hydrogen) atoms. The third-order valence-electron chi connectivity index (χ3n) is 3.30. The van der Waals surface area contributed by atoms with Gasteiger partial charge < -0.3 is 21.1 Å². The SMILES string of the molecule is COc1ccc(Nc2nc(N)nc3c2CNCC3)cc1. The van der Waals surface area contributed by atoms with Gasteiger partial charge in [-0.05, 0) is 24.3 Å². The van der Waals surface area contributed by atoms with Crippen LogP contribution in [-0.2, 0) is 13.0 Å². The molecule has 1 aromatic heterocycles. The number of benzene rings is 1. The molecule has 3 rings (SSSR count). The molecule has 6 heteroatoms. The molecule has 0 amide bonds. The fraction of sp³-hybridized carbons (Fsp3) is 0.286. The van der Waals surface area contributed by atoms with Crippen molar-refractivity contribution in [3.63, 3.8) is 0 Å². The van der Waals surface area contributed by atoms with Crippen molar-refractivity contribution in [2.75, 3.05) is 24.7 Å². The number of hydrogen-bond acceptors (Lipinski definition) is 6. The Bertz CT molecular complexity index is 612. The second kappa shape index (κ2) is 5.34. The second-order valence-electron chi connectivity index (χ2n) is 4.64. The van der Waals surface area contributed by atoms with Crippen molar-refractivity contribution < 1.29 is 4.74 Å². The first-order chi connectivity index (χ1) is 9.76. The standard InChI is InChI=1S/C14H17N5O/c1-20-10-4-2-9(3-5-10)17-13-11-8-16-7-6-12(11)18-14(15)19-13/h2-5,16H,6-8H2,1H3,(H3,15,17,18,19). The molecule has 1 aliphatic rings. The molecule has 0 saturated heterocycles. The molecule has 6 nitrogen and oxygen atoms in total. The summed E-state index contributed by atoms with van der Waals surface area (Å²) in [6.45, 7) is 1.68. The van der Waals surface area contributed by atoms with E-state index in [1.807, 2.05) is 24.3 Å². The van der Waals surface area contributed by atoms with Gasteiger partial charge in [0.15, 0.2) is 0 Å². The quantitative estimate of drug-likeness (QED) is 0.783. The lowest BCUT2D eigenvalue weighted by atomic mass is 10.1. The van der Waals surface area contributed by atoms with Crippen LogP contribution in [0.25, 0.3) is 0 Å². The minimum atomic E-state index is 0.307. The second-order valence-corrected chi connectivity index (χ2v) is 4.64. The van der Waals surface area contributed by atoms with Gasteiger partial charge in [0.1, 0.15) is 11.6 Å². The summed E-state index contributed by atoms with van der Waals surface area (Å²) in [7, 11) is 1.65. The van der Waals surface area contributed by atoms with Gasteiger partial charge in [0.2, 0.25) is 5.95 Å². The van der Waals surface area contributed by atoms with E-state index in [1.165, 1.54) is 0 Å². The Kier molecular flexibility index (Phi) is 3.39. The van der Waals surface area contributed by atoms with Gasteiger partial charge in [-0.25, -0.2) is 4.98 Å². The average molecular weight is 271 g/mol. The molecule has 0 unspecified atom stereocenters. The number of anilines is 3. The van der Waals surface area contributed by atoms with E-state index in [9.17, 15) is 0 Å². The van der Waals surface area contributed by atoms with E-state index in [0.29, 0.717) is 5.95 Å². The van der Waals surface area contributed by atoms with Crippen LogP contribution in [0.4, 0.5) is 17.5 Å². The Morgan fingerprint density at radius 1 is 1.25 bits per heavy atom. The summed E-state index contributed by atoms with van der Waals surface area (Å²) in [6, 6.07) is 7.69. The number of nitrogens with one attached hydrogen (secondary N) is 2. The molecule has 4 N–H and O–H groups in total. The maximum Gasteiger partial charge on any atom is 0.222 e. The zero-order valence-corrected chi connectivity index (χ0v) is 11.3. The summed E-state index contributed by atoms with van der Waals surface area (Å²) in [5.74, 6) is 1.90. The molecule has 0 radical (unpaired) electrons. The average Bonchev–Trinajstić information content (AvgIpc) is 2.48. The predicted octanol–water partition coefficient (Wildman–Crippen LogP) is 1.46. The van der Waals surface area contributed by atoms with Crippen LogP contribution in [0.5, 0.6) is 5.75 Å². The highest BCUT2D eigenvalue weighted by Gasteiger charge is 2.16. The molecular formula is C14H17N5O. The predicted molar refractivity (Wildman–Crippen MR) is 78.1 cm³/mol. The molecule has 2 heterocycles. The minimum Gasteiger partial charge on any atom is -0.497 e. The Hall–Kier alpha value is -2.34. The summed E-state index contributed by atoms with van der Waals surface area (Å²) < 4.78 is 5.15. The first kappa shape index (κ1) is 12.7. The van der Waals surface area contributed by atoms with E-state index in [2.05, 4.69) is 20.6 Å². The van der Waals surface area contributed by atoms with Gasteiger partial charge in [0.25, 0.3) is 0 Å². The topological polar surface area (TPSA) is 85.1 Å². The molecule has 0 aliphatic carbocycles. The van der Waals surface area contributed by atoms with Crippen LogP contribution in [0.2, 0.25) is 0 Å². The molecule has 104 valence electrons. The fourth-order valence-corrected chi connectivity index (χ4v) is 2.28. The van der Waals surface area contributed by atoms with Crippen LogP contribution in [0.3, 0.4) is 0 Å². The van der Waals surface area contributed by atoms with Gasteiger partial charge in [0, 0.05) is 30.8 Å². The molecule has 0 saturated carbocycles. The van der Waals surface area contributed by atoms with Crippen molar-refractivity contribution >= 4 is 17.5 Å². The molecule has 2 aromatic rings. The lowest BCUT2D eigenvalue weighted by Gasteiger charge is -2.20. The number of nitrogen functional groups attached to an aromatic ring is 1. The number of nitrogens with two attached hydrogens (primary N) is 1. The lowest BCUT2D eigenvalue weighted by Crippen LogP contribution is -2.26. The fourth-order valence-electron chi connectivity index (χ4n) is 2.28. The largest absolute Gasteiger partial charge is 0.497 e. The van der Waals surface area contributed by atoms with E-state index < -0.39 is 0 Å². The van der Waals surface area contributed by atoms with Crippen LogP contribution in [0, 0.1) is 0 Å². The monoisotopic (exact) mass is 271 g/mol. The van der Waals surface area contributed by atoms with Gasteiger partial charge in [-0.2, -0.15) is 4.98 Å². The lowest BCUT2D eigenvalue weighted by molar-refractivity contribution is 0.415. The van der Waals surface area contributed by atoms with Crippen molar-refractivity contribution in [1.82, 2.24) is 15.3 Å². The zero-order chi connectivity index (χ0) is 13.9. The van der Waals surface area contributed by atoms with Crippen molar-refractivity contribution in [3.8, 4) is 5.75 Å². The molecule has 0 fully saturated rings. The van der Waals surface area contributed by atoms with E-state index in [4.69, 9.17) is 10.5 Å². The number of rotatable bonds is 3. The number of methoxy groups -OCH3 is 1. The summed E-state index contributed by atoms with van der Waals surface area (Å²) in [6.07, 6.45) is 0.874. The highest BCUT2D eigenvalue weighted by molar-refractivity contribution is 5.62. The van der Waals surface area contributed by atoms with Gasteiger partial charge in [-0.1, -0.05) is 0 Å². The maximum absolute atomic E-state index is 5.78. The first-order valence-electron chi connectivity index (χ1n) is 6.53. The molecule has 0 spiro atoms. The van der Waals surface area contributed by atoms with Gasteiger partial charge in [0.05, 0.1) is 12.8 Å². The van der Waals surface area contributed by atoms with Crippen molar-refractivity contribution in [2.24, 2.45) is 0 Å². The minimum absolute atomic E-state index is 0.307. The Morgan fingerprint density at radius 2 is 2.05 bits per heavy atom. The van der Waals surface area contributed by atoms with E-state index in [1.54, 1.807) is 7.11 Å². The van der Waals surface area contributed by atoms with Crippen LogP contribution in [-0.4, -0.2) is 23.6 Å². The Morgan fingerprint density at radius 3 is 2.80 bits per heavy atom. The van der Waals surface area contributed by atoms with Crippen LogP contribution >= 0.6 is 0 Å². The number of ether oxygens (including phenoxy) is 1. The third-order valence-corrected chi connectivity index (χ3v) is 3.30. The van der Waals surface area contributed by atoms with Crippen molar-refractivity contribution in [1.29, 1.82) is 0 Å². The number of nitrogens with zero attached hydrogens (tertiary/aromatic N) is 2. The molecule has 1 aromatic carbocycles. The van der Waals surface area contributed by atoms with Crippen LogP contribution < -0.4 is 21.1 Å². The molecule has 0 bridgehead atoms. The van der Waals surface area contributed by atoms with Crippen molar-refractivity contribution in [3.05, 3.63) is 35.5 Å².